The summed E-state index contributed by atoms with van der Waals surface area (Å²) in [5, 5.41) is 4.31. The Kier molecular flexibility index (Phi) is 4.39. The number of para-hydroxylation sites is 1. The highest BCUT2D eigenvalue weighted by atomic mass is 16.1. The van der Waals surface area contributed by atoms with E-state index in [1.807, 2.05) is 18.2 Å². The van der Waals surface area contributed by atoms with Crippen molar-refractivity contribution >= 4 is 34.3 Å². The second kappa shape index (κ2) is 7.00. The van der Waals surface area contributed by atoms with E-state index in [4.69, 9.17) is 10.7 Å². The zero-order valence-electron chi connectivity index (χ0n) is 14.5. The molecule has 1 aliphatic rings. The summed E-state index contributed by atoms with van der Waals surface area (Å²) in [6, 6.07) is 15.1. The number of rotatable bonds is 4. The van der Waals surface area contributed by atoms with Crippen LogP contribution in [0, 0.1) is 0 Å². The van der Waals surface area contributed by atoms with Gasteiger partial charge in [0.05, 0.1) is 5.52 Å². The van der Waals surface area contributed by atoms with Crippen LogP contribution in [0.4, 0.5) is 17.5 Å². The van der Waals surface area contributed by atoms with Crippen LogP contribution >= 0.6 is 0 Å². The number of carbonyl (C=O) groups excluding carboxylic acids is 1. The van der Waals surface area contributed by atoms with E-state index in [-0.39, 0.29) is 0 Å². The van der Waals surface area contributed by atoms with Crippen LogP contribution in [-0.4, -0.2) is 29.0 Å². The first kappa shape index (κ1) is 16.3. The molecule has 1 amide bonds. The summed E-state index contributed by atoms with van der Waals surface area (Å²) < 4.78 is 0. The number of nitrogens with zero attached hydrogens (tertiary/aromatic N) is 3. The SMILES string of the molecule is NC(=O)c1ccc(Nc2nc(N3CCCCC3)c3ccccc3n2)cc1. The minimum absolute atomic E-state index is 0.439. The van der Waals surface area contributed by atoms with Crippen molar-refractivity contribution in [3.8, 4) is 0 Å². The van der Waals surface area contributed by atoms with Crippen molar-refractivity contribution in [2.24, 2.45) is 5.73 Å². The third-order valence-electron chi connectivity index (χ3n) is 4.66. The maximum atomic E-state index is 11.2. The Bertz CT molecular complexity index is 933. The smallest absolute Gasteiger partial charge is 0.248 e. The van der Waals surface area contributed by atoms with Crippen LogP contribution in [0.15, 0.2) is 48.5 Å². The lowest BCUT2D eigenvalue weighted by molar-refractivity contribution is 0.100. The highest BCUT2D eigenvalue weighted by Gasteiger charge is 2.17. The van der Waals surface area contributed by atoms with Crippen molar-refractivity contribution in [1.29, 1.82) is 0 Å². The first-order valence-electron chi connectivity index (χ1n) is 8.89. The molecule has 2 aromatic carbocycles. The minimum atomic E-state index is -0.439. The van der Waals surface area contributed by atoms with Crippen molar-refractivity contribution in [2.75, 3.05) is 23.3 Å². The molecule has 0 atom stereocenters. The van der Waals surface area contributed by atoms with Crippen molar-refractivity contribution in [2.45, 2.75) is 19.3 Å². The summed E-state index contributed by atoms with van der Waals surface area (Å²) in [7, 11) is 0. The standard InChI is InChI=1S/C20H21N5O/c21-18(26)14-8-10-15(11-9-14)22-20-23-17-7-3-2-6-16(17)19(24-20)25-12-4-1-5-13-25/h2-3,6-11H,1,4-5,12-13H2,(H2,21,26)(H,22,23,24). The number of anilines is 3. The van der Waals surface area contributed by atoms with Gasteiger partial charge in [0, 0.05) is 29.7 Å². The molecule has 1 fully saturated rings. The van der Waals surface area contributed by atoms with Crippen LogP contribution in [0.2, 0.25) is 0 Å². The molecule has 6 heteroatoms. The van der Waals surface area contributed by atoms with Gasteiger partial charge in [0.2, 0.25) is 11.9 Å². The molecule has 1 aromatic heterocycles. The summed E-state index contributed by atoms with van der Waals surface area (Å²) in [6.07, 6.45) is 3.65. The number of amides is 1. The second-order valence-electron chi connectivity index (χ2n) is 6.50. The predicted molar refractivity (Wildman–Crippen MR) is 104 cm³/mol. The normalized spacial score (nSPS) is 14.4. The molecule has 0 saturated carbocycles. The molecule has 0 spiro atoms. The van der Waals surface area contributed by atoms with E-state index < -0.39 is 5.91 Å². The van der Waals surface area contributed by atoms with Crippen molar-refractivity contribution in [3.05, 3.63) is 54.1 Å². The highest BCUT2D eigenvalue weighted by Crippen LogP contribution is 2.28. The lowest BCUT2D eigenvalue weighted by Crippen LogP contribution is -2.30. The second-order valence-corrected chi connectivity index (χ2v) is 6.50. The van der Waals surface area contributed by atoms with Gasteiger partial charge in [-0.25, -0.2) is 4.98 Å². The Morgan fingerprint density at radius 3 is 2.42 bits per heavy atom. The van der Waals surface area contributed by atoms with Crippen molar-refractivity contribution in [3.63, 3.8) is 0 Å². The van der Waals surface area contributed by atoms with Gasteiger partial charge in [-0.2, -0.15) is 4.98 Å². The van der Waals surface area contributed by atoms with Crippen LogP contribution in [0.1, 0.15) is 29.6 Å². The van der Waals surface area contributed by atoms with Crippen LogP contribution in [0.3, 0.4) is 0 Å². The average molecular weight is 347 g/mol. The van der Waals surface area contributed by atoms with Crippen LogP contribution in [0.25, 0.3) is 10.9 Å². The fraction of sp³-hybridized carbons (Fsp3) is 0.250. The highest BCUT2D eigenvalue weighted by molar-refractivity contribution is 5.93. The molecule has 2 heterocycles. The summed E-state index contributed by atoms with van der Waals surface area (Å²) >= 11 is 0. The maximum absolute atomic E-state index is 11.2. The average Bonchev–Trinajstić information content (AvgIpc) is 2.68. The third-order valence-corrected chi connectivity index (χ3v) is 4.66. The van der Waals surface area contributed by atoms with E-state index in [0.29, 0.717) is 11.5 Å². The van der Waals surface area contributed by atoms with Gasteiger partial charge in [0.15, 0.2) is 0 Å². The number of aromatic nitrogens is 2. The fourth-order valence-electron chi connectivity index (χ4n) is 3.31. The predicted octanol–water partition coefficient (Wildman–Crippen LogP) is 3.46. The van der Waals surface area contributed by atoms with E-state index in [2.05, 4.69) is 21.3 Å². The van der Waals surface area contributed by atoms with Crippen molar-refractivity contribution < 1.29 is 4.79 Å². The number of benzene rings is 2. The lowest BCUT2D eigenvalue weighted by Gasteiger charge is -2.28. The molecule has 3 aromatic rings. The van der Waals surface area contributed by atoms with E-state index in [9.17, 15) is 4.79 Å². The number of carbonyl (C=O) groups is 1. The molecule has 26 heavy (non-hydrogen) atoms. The van der Waals surface area contributed by atoms with Gasteiger partial charge in [-0.1, -0.05) is 12.1 Å². The topological polar surface area (TPSA) is 84.1 Å². The van der Waals surface area contributed by atoms with Gasteiger partial charge in [-0.05, 0) is 55.7 Å². The summed E-state index contributed by atoms with van der Waals surface area (Å²) in [4.78, 5) is 23.0. The van der Waals surface area contributed by atoms with Crippen molar-refractivity contribution in [1.82, 2.24) is 9.97 Å². The summed E-state index contributed by atoms with van der Waals surface area (Å²) in [5.74, 6) is 1.09. The van der Waals surface area contributed by atoms with E-state index >= 15 is 0 Å². The quantitative estimate of drug-likeness (QED) is 0.755. The molecule has 0 radical (unpaired) electrons. The van der Waals surface area contributed by atoms with Gasteiger partial charge in [-0.3, -0.25) is 4.79 Å². The molecule has 0 unspecified atom stereocenters. The van der Waals surface area contributed by atoms with Gasteiger partial charge >= 0.3 is 0 Å². The lowest BCUT2D eigenvalue weighted by atomic mass is 10.1. The monoisotopic (exact) mass is 347 g/mol. The first-order valence-corrected chi connectivity index (χ1v) is 8.89. The molecular weight excluding hydrogens is 326 g/mol. The molecule has 1 aliphatic heterocycles. The summed E-state index contributed by atoms with van der Waals surface area (Å²) in [6.45, 7) is 2.04. The van der Waals surface area contributed by atoms with Gasteiger partial charge in [0.1, 0.15) is 5.82 Å². The van der Waals surface area contributed by atoms with Gasteiger partial charge in [-0.15, -0.1) is 0 Å². The minimum Gasteiger partial charge on any atom is -0.366 e. The molecular formula is C20H21N5O. The summed E-state index contributed by atoms with van der Waals surface area (Å²) in [5.41, 5.74) is 7.50. The third kappa shape index (κ3) is 3.31. The zero-order chi connectivity index (χ0) is 17.9. The first-order chi connectivity index (χ1) is 12.7. The van der Waals surface area contributed by atoms with Crippen LogP contribution in [0.5, 0.6) is 0 Å². The Morgan fingerprint density at radius 2 is 1.69 bits per heavy atom. The maximum Gasteiger partial charge on any atom is 0.248 e. The molecule has 6 nitrogen and oxygen atoms in total. The molecule has 132 valence electrons. The zero-order valence-corrected chi connectivity index (χ0v) is 14.5. The van der Waals surface area contributed by atoms with Gasteiger partial charge < -0.3 is 16.0 Å². The number of nitrogens with one attached hydrogen (secondary N) is 1. The number of hydrogen-bond acceptors (Lipinski definition) is 5. The Morgan fingerprint density at radius 1 is 0.962 bits per heavy atom. The number of hydrogen-bond donors (Lipinski definition) is 2. The van der Waals surface area contributed by atoms with E-state index in [0.717, 1.165) is 35.5 Å². The molecule has 3 N–H and O–H groups in total. The molecule has 0 bridgehead atoms. The Balaban J connectivity index is 1.69. The Labute approximate surface area is 152 Å². The largest absolute Gasteiger partial charge is 0.366 e. The Hall–Kier alpha value is -3.15. The molecule has 1 saturated heterocycles. The fourth-order valence-corrected chi connectivity index (χ4v) is 3.31. The van der Waals surface area contributed by atoms with Crippen LogP contribution < -0.4 is 16.0 Å². The molecule has 0 aliphatic carbocycles. The number of nitrogens with two attached hydrogens (primary N) is 1. The number of primary amides is 1. The van der Waals surface area contributed by atoms with Crippen LogP contribution in [-0.2, 0) is 0 Å². The van der Waals surface area contributed by atoms with Gasteiger partial charge in [0.25, 0.3) is 0 Å². The number of fused-ring (bicyclic) bond motifs is 1. The number of piperidine rings is 1. The van der Waals surface area contributed by atoms with E-state index in [1.54, 1.807) is 24.3 Å². The molecule has 4 rings (SSSR count). The van der Waals surface area contributed by atoms with E-state index in [1.165, 1.54) is 19.3 Å².